The van der Waals surface area contributed by atoms with Gasteiger partial charge in [-0.3, -0.25) is 0 Å². The minimum Gasteiger partial charge on any atom is -0.305 e. The number of hydrogen-bond acceptors (Lipinski definition) is 2. The molecule has 1 aliphatic heterocycles. The molecule has 1 atom stereocenters. The Labute approximate surface area is 86.0 Å². The van der Waals surface area contributed by atoms with Crippen molar-refractivity contribution >= 4 is 11.8 Å². The van der Waals surface area contributed by atoms with Gasteiger partial charge in [0.1, 0.15) is 0 Å². The molecule has 1 unspecified atom stereocenters. The van der Waals surface area contributed by atoms with Gasteiger partial charge in [-0.25, -0.2) is 0 Å². The molecule has 1 N–H and O–H groups in total. The van der Waals surface area contributed by atoms with Gasteiger partial charge in [-0.1, -0.05) is 32.1 Å². The van der Waals surface area contributed by atoms with Crippen LogP contribution in [-0.4, -0.2) is 17.7 Å². The van der Waals surface area contributed by atoms with E-state index in [0.29, 0.717) is 0 Å². The fraction of sp³-hybridized carbons (Fsp3) is 1.00. The predicted molar refractivity (Wildman–Crippen MR) is 60.1 cm³/mol. The van der Waals surface area contributed by atoms with Gasteiger partial charge in [-0.2, -0.15) is 0 Å². The van der Waals surface area contributed by atoms with Crippen molar-refractivity contribution in [3.05, 3.63) is 0 Å². The molecule has 2 rings (SSSR count). The lowest BCUT2D eigenvalue weighted by atomic mass is 9.87. The predicted octanol–water partition coefficient (Wildman–Crippen LogP) is 3.01. The quantitative estimate of drug-likeness (QED) is 0.733. The average Bonchev–Trinajstić information content (AvgIpc) is 2.21. The fourth-order valence-corrected chi connectivity index (χ4v) is 3.74. The Balaban J connectivity index is 1.69. The van der Waals surface area contributed by atoms with E-state index in [2.05, 4.69) is 17.1 Å². The third kappa shape index (κ3) is 3.17. The van der Waals surface area contributed by atoms with Gasteiger partial charge < -0.3 is 5.32 Å². The summed E-state index contributed by atoms with van der Waals surface area (Å²) in [6.07, 6.45) is 10.3. The van der Waals surface area contributed by atoms with Crippen LogP contribution in [-0.2, 0) is 0 Å². The number of nitrogens with one attached hydrogen (secondary N) is 1. The Morgan fingerprint density at radius 2 is 1.92 bits per heavy atom. The first kappa shape index (κ1) is 9.85. The lowest BCUT2D eigenvalue weighted by Crippen LogP contribution is -2.33. The molecule has 1 saturated heterocycles. The van der Waals surface area contributed by atoms with E-state index < -0.39 is 0 Å². The van der Waals surface area contributed by atoms with Crippen molar-refractivity contribution < 1.29 is 0 Å². The monoisotopic (exact) mass is 199 g/mol. The molecule has 2 fully saturated rings. The van der Waals surface area contributed by atoms with Gasteiger partial charge in [0.05, 0.1) is 5.37 Å². The van der Waals surface area contributed by atoms with Gasteiger partial charge in [0.15, 0.2) is 0 Å². The van der Waals surface area contributed by atoms with E-state index in [1.54, 1.807) is 0 Å². The molecular formula is C11H21NS. The highest BCUT2D eigenvalue weighted by atomic mass is 32.2. The maximum absolute atomic E-state index is 3.63. The second-order valence-corrected chi connectivity index (χ2v) is 5.72. The Kier molecular flexibility index (Phi) is 3.98. The van der Waals surface area contributed by atoms with Crippen LogP contribution >= 0.6 is 11.8 Å². The summed E-state index contributed by atoms with van der Waals surface area (Å²) in [4.78, 5) is 0. The topological polar surface area (TPSA) is 12.0 Å². The minimum atomic E-state index is 0.789. The van der Waals surface area contributed by atoms with Gasteiger partial charge in [-0.05, 0) is 31.1 Å². The van der Waals surface area contributed by atoms with Crippen molar-refractivity contribution in [2.45, 2.75) is 50.3 Å². The molecule has 1 heterocycles. The summed E-state index contributed by atoms with van der Waals surface area (Å²) in [5, 5.41) is 4.42. The fourth-order valence-electron chi connectivity index (χ4n) is 2.50. The summed E-state index contributed by atoms with van der Waals surface area (Å²) < 4.78 is 0. The SMILES string of the molecule is C1CCC(CC2NCCCS2)CC1. The van der Waals surface area contributed by atoms with E-state index in [1.165, 1.54) is 57.2 Å². The molecule has 0 bridgehead atoms. The molecule has 1 nitrogen and oxygen atoms in total. The molecule has 0 spiro atoms. The number of hydrogen-bond donors (Lipinski definition) is 1. The van der Waals surface area contributed by atoms with Gasteiger partial charge >= 0.3 is 0 Å². The van der Waals surface area contributed by atoms with Crippen LogP contribution in [0.25, 0.3) is 0 Å². The number of thioether (sulfide) groups is 1. The van der Waals surface area contributed by atoms with Gasteiger partial charge in [0, 0.05) is 0 Å². The molecule has 1 saturated carbocycles. The standard InChI is InChI=1S/C11H21NS/c1-2-5-10(6-3-1)9-11-12-7-4-8-13-11/h10-12H,1-9H2. The molecule has 1 aliphatic carbocycles. The summed E-state index contributed by atoms with van der Waals surface area (Å²) in [7, 11) is 0. The van der Waals surface area contributed by atoms with Crippen LogP contribution in [0.1, 0.15) is 44.9 Å². The normalized spacial score (nSPS) is 31.8. The molecule has 2 aliphatic rings. The van der Waals surface area contributed by atoms with Gasteiger partial charge in [0.2, 0.25) is 0 Å². The highest BCUT2D eigenvalue weighted by molar-refractivity contribution is 7.99. The van der Waals surface area contributed by atoms with Crippen LogP contribution in [0.15, 0.2) is 0 Å². The van der Waals surface area contributed by atoms with Gasteiger partial charge in [0.25, 0.3) is 0 Å². The van der Waals surface area contributed by atoms with Crippen molar-refractivity contribution in [3.8, 4) is 0 Å². The van der Waals surface area contributed by atoms with E-state index in [9.17, 15) is 0 Å². The van der Waals surface area contributed by atoms with Crippen LogP contribution in [0.4, 0.5) is 0 Å². The summed E-state index contributed by atoms with van der Waals surface area (Å²) in [6.45, 7) is 1.25. The van der Waals surface area contributed by atoms with E-state index >= 15 is 0 Å². The average molecular weight is 199 g/mol. The van der Waals surface area contributed by atoms with Crippen LogP contribution in [0, 0.1) is 5.92 Å². The first-order valence-electron chi connectivity index (χ1n) is 5.80. The first-order valence-corrected chi connectivity index (χ1v) is 6.85. The Morgan fingerprint density at radius 3 is 2.62 bits per heavy atom. The second kappa shape index (κ2) is 5.26. The third-order valence-electron chi connectivity index (χ3n) is 3.28. The Hall–Kier alpha value is 0.310. The first-order chi connectivity index (χ1) is 6.45. The van der Waals surface area contributed by atoms with E-state index in [-0.39, 0.29) is 0 Å². The van der Waals surface area contributed by atoms with Crippen molar-refractivity contribution in [2.24, 2.45) is 5.92 Å². The lowest BCUT2D eigenvalue weighted by Gasteiger charge is -2.29. The molecule has 76 valence electrons. The maximum Gasteiger partial charge on any atom is 0.0534 e. The molecule has 0 aromatic rings. The Morgan fingerprint density at radius 1 is 1.08 bits per heavy atom. The van der Waals surface area contributed by atoms with E-state index in [1.807, 2.05) is 0 Å². The highest BCUT2D eigenvalue weighted by Crippen LogP contribution is 2.30. The molecular weight excluding hydrogens is 178 g/mol. The zero-order chi connectivity index (χ0) is 8.93. The van der Waals surface area contributed by atoms with Crippen molar-refractivity contribution in [1.29, 1.82) is 0 Å². The van der Waals surface area contributed by atoms with Crippen LogP contribution in [0.2, 0.25) is 0 Å². The number of rotatable bonds is 2. The lowest BCUT2D eigenvalue weighted by molar-refractivity contribution is 0.325. The molecule has 0 aromatic heterocycles. The van der Waals surface area contributed by atoms with Crippen LogP contribution in [0.3, 0.4) is 0 Å². The third-order valence-corrected chi connectivity index (χ3v) is 4.57. The van der Waals surface area contributed by atoms with Crippen LogP contribution < -0.4 is 5.32 Å². The smallest absolute Gasteiger partial charge is 0.0534 e. The second-order valence-electron chi connectivity index (χ2n) is 4.41. The van der Waals surface area contributed by atoms with Crippen molar-refractivity contribution in [3.63, 3.8) is 0 Å². The van der Waals surface area contributed by atoms with Gasteiger partial charge in [-0.15, -0.1) is 11.8 Å². The van der Waals surface area contributed by atoms with E-state index in [0.717, 1.165) is 11.3 Å². The summed E-state index contributed by atoms with van der Waals surface area (Å²) in [6, 6.07) is 0. The summed E-state index contributed by atoms with van der Waals surface area (Å²) in [5.41, 5.74) is 0. The van der Waals surface area contributed by atoms with Crippen molar-refractivity contribution in [2.75, 3.05) is 12.3 Å². The minimum absolute atomic E-state index is 0.789. The van der Waals surface area contributed by atoms with Crippen molar-refractivity contribution in [1.82, 2.24) is 5.32 Å². The summed E-state index contributed by atoms with van der Waals surface area (Å²) >= 11 is 2.15. The molecule has 0 amide bonds. The van der Waals surface area contributed by atoms with Crippen LogP contribution in [0.5, 0.6) is 0 Å². The molecule has 0 aromatic carbocycles. The zero-order valence-corrected chi connectivity index (χ0v) is 9.24. The summed E-state index contributed by atoms with van der Waals surface area (Å²) in [5.74, 6) is 2.42. The molecule has 2 heteroatoms. The largest absolute Gasteiger partial charge is 0.305 e. The molecule has 13 heavy (non-hydrogen) atoms. The highest BCUT2D eigenvalue weighted by Gasteiger charge is 2.20. The zero-order valence-electron chi connectivity index (χ0n) is 8.43. The van der Waals surface area contributed by atoms with E-state index in [4.69, 9.17) is 0 Å². The maximum atomic E-state index is 3.63. The molecule has 0 radical (unpaired) electrons. The Bertz CT molecular complexity index is 121.